The molecule has 0 bridgehead atoms. The number of benzene rings is 1. The van der Waals surface area contributed by atoms with E-state index in [1.165, 1.54) is 11.1 Å². The lowest BCUT2D eigenvalue weighted by Crippen LogP contribution is -1.83. The molecule has 0 aliphatic heterocycles. The van der Waals surface area contributed by atoms with Crippen molar-refractivity contribution in [1.29, 1.82) is 0 Å². The summed E-state index contributed by atoms with van der Waals surface area (Å²) in [6.07, 6.45) is 0. The first-order chi connectivity index (χ1) is 4.72. The van der Waals surface area contributed by atoms with Crippen molar-refractivity contribution in [3.63, 3.8) is 0 Å². The van der Waals surface area contributed by atoms with Crippen molar-refractivity contribution < 1.29 is 0 Å². The summed E-state index contributed by atoms with van der Waals surface area (Å²) in [6.45, 7) is 2.13. The Kier molecular flexibility index (Phi) is 1.01. The molecule has 52 valence electrons. The first-order valence-electron chi connectivity index (χ1n) is 3.29. The van der Waals surface area contributed by atoms with Crippen LogP contribution in [-0.4, -0.2) is 0 Å². The largest absolute Gasteiger partial charge is 0.398 e. The van der Waals surface area contributed by atoms with Crippen LogP contribution in [0.1, 0.15) is 24.0 Å². The fourth-order valence-corrected chi connectivity index (χ4v) is 1.65. The molecule has 0 radical (unpaired) electrons. The predicted octanol–water partition coefficient (Wildman–Crippen LogP) is 2.39. The van der Waals surface area contributed by atoms with Gasteiger partial charge in [0.1, 0.15) is 0 Å². The molecule has 0 saturated carbocycles. The van der Waals surface area contributed by atoms with Gasteiger partial charge in [0.25, 0.3) is 0 Å². The first-order valence-corrected chi connectivity index (χ1v) is 3.67. The molecule has 0 heterocycles. The van der Waals surface area contributed by atoms with E-state index in [2.05, 4.69) is 6.92 Å². The minimum absolute atomic E-state index is 0.546. The number of anilines is 1. The maximum Gasteiger partial charge on any atom is 0.0676 e. The number of nitrogens with two attached hydrogens (primary N) is 1. The minimum Gasteiger partial charge on any atom is -0.398 e. The van der Waals surface area contributed by atoms with Gasteiger partial charge in [-0.15, -0.1) is 0 Å². The van der Waals surface area contributed by atoms with Crippen molar-refractivity contribution in [3.05, 3.63) is 28.3 Å². The molecule has 2 N–H and O–H groups in total. The summed E-state index contributed by atoms with van der Waals surface area (Å²) in [5.41, 5.74) is 8.87. The van der Waals surface area contributed by atoms with E-state index in [-0.39, 0.29) is 0 Å². The zero-order valence-electron chi connectivity index (χ0n) is 5.69. The summed E-state index contributed by atoms with van der Waals surface area (Å²) in [6, 6.07) is 3.91. The smallest absolute Gasteiger partial charge is 0.0676 e. The van der Waals surface area contributed by atoms with Crippen molar-refractivity contribution in [1.82, 2.24) is 0 Å². The molecule has 2 heteroatoms. The molecule has 1 aliphatic carbocycles. The minimum atomic E-state index is 0.546. The SMILES string of the molecule is CC1c2ccc(N)c(Cl)c21. The molecule has 0 fully saturated rings. The molecule has 0 spiro atoms. The van der Waals surface area contributed by atoms with Crippen LogP contribution in [0, 0.1) is 0 Å². The Balaban J connectivity index is 2.63. The molecule has 1 unspecified atom stereocenters. The van der Waals surface area contributed by atoms with Crippen molar-refractivity contribution in [3.8, 4) is 0 Å². The lowest BCUT2D eigenvalue weighted by molar-refractivity contribution is 1.14. The highest BCUT2D eigenvalue weighted by molar-refractivity contribution is 6.34. The molecule has 10 heavy (non-hydrogen) atoms. The fourth-order valence-electron chi connectivity index (χ4n) is 1.32. The zero-order valence-corrected chi connectivity index (χ0v) is 6.44. The van der Waals surface area contributed by atoms with E-state index in [9.17, 15) is 0 Å². The summed E-state index contributed by atoms with van der Waals surface area (Å²) < 4.78 is 0. The van der Waals surface area contributed by atoms with E-state index in [4.69, 9.17) is 17.3 Å². The topological polar surface area (TPSA) is 26.0 Å². The van der Waals surface area contributed by atoms with Crippen molar-refractivity contribution >= 4 is 17.3 Å². The fraction of sp³-hybridized carbons (Fsp3) is 0.250. The van der Waals surface area contributed by atoms with E-state index in [0.29, 0.717) is 11.6 Å². The van der Waals surface area contributed by atoms with Crippen molar-refractivity contribution in [2.24, 2.45) is 0 Å². The van der Waals surface area contributed by atoms with Crippen LogP contribution in [0.25, 0.3) is 0 Å². The Morgan fingerprint density at radius 3 is 2.80 bits per heavy atom. The molecular weight excluding hydrogens is 146 g/mol. The summed E-state index contributed by atoms with van der Waals surface area (Å²) in [7, 11) is 0. The Bertz CT molecular complexity index is 294. The van der Waals surface area contributed by atoms with Crippen molar-refractivity contribution in [2.45, 2.75) is 12.8 Å². The molecule has 2 rings (SSSR count). The molecule has 1 atom stereocenters. The number of nitrogen functional groups attached to an aromatic ring is 1. The Morgan fingerprint density at radius 2 is 2.20 bits per heavy atom. The highest BCUT2D eigenvalue weighted by Gasteiger charge is 2.31. The van der Waals surface area contributed by atoms with Crippen LogP contribution in [0.4, 0.5) is 5.69 Å². The third kappa shape index (κ3) is 0.585. The Hall–Kier alpha value is -0.690. The highest BCUT2D eigenvalue weighted by Crippen LogP contribution is 2.49. The van der Waals surface area contributed by atoms with Gasteiger partial charge >= 0.3 is 0 Å². The van der Waals surface area contributed by atoms with Crippen molar-refractivity contribution in [2.75, 3.05) is 5.73 Å². The summed E-state index contributed by atoms with van der Waals surface area (Å²) in [5.74, 6) is 0.546. The van der Waals surface area contributed by atoms with Gasteiger partial charge in [-0.25, -0.2) is 0 Å². The second-order valence-corrected chi connectivity index (χ2v) is 3.07. The molecule has 1 aromatic rings. The second kappa shape index (κ2) is 1.67. The zero-order chi connectivity index (χ0) is 7.30. The molecule has 1 aromatic carbocycles. The normalized spacial score (nSPS) is 20.4. The Morgan fingerprint density at radius 1 is 1.50 bits per heavy atom. The summed E-state index contributed by atoms with van der Waals surface area (Å²) in [4.78, 5) is 0. The quantitative estimate of drug-likeness (QED) is 0.569. The van der Waals surface area contributed by atoms with Crippen LogP contribution in [0.15, 0.2) is 12.1 Å². The molecule has 1 aliphatic rings. The maximum atomic E-state index is 5.90. The summed E-state index contributed by atoms with van der Waals surface area (Å²) in [5, 5.41) is 0.755. The van der Waals surface area contributed by atoms with E-state index >= 15 is 0 Å². The third-order valence-corrected chi connectivity index (χ3v) is 2.48. The van der Waals surface area contributed by atoms with Crippen LogP contribution >= 0.6 is 11.6 Å². The lowest BCUT2D eigenvalue weighted by atomic mass is 10.3. The van der Waals surface area contributed by atoms with Crippen LogP contribution in [-0.2, 0) is 0 Å². The van der Waals surface area contributed by atoms with Gasteiger partial charge in [-0.05, 0) is 17.2 Å². The summed E-state index contributed by atoms with van der Waals surface area (Å²) >= 11 is 5.90. The van der Waals surface area contributed by atoms with Crippen LogP contribution in [0.5, 0.6) is 0 Å². The average molecular weight is 154 g/mol. The standard InChI is InChI=1S/C8H8ClN/c1-4-5-2-3-6(10)8(9)7(4)5/h2-4H,10H2,1H3. The van der Waals surface area contributed by atoms with Crippen LogP contribution < -0.4 is 5.73 Å². The van der Waals surface area contributed by atoms with Gasteiger partial charge in [0.15, 0.2) is 0 Å². The number of fused-ring (bicyclic) bond motifs is 1. The predicted molar refractivity (Wildman–Crippen MR) is 43.4 cm³/mol. The number of rotatable bonds is 0. The van der Waals surface area contributed by atoms with Gasteiger partial charge in [-0.3, -0.25) is 0 Å². The van der Waals surface area contributed by atoms with E-state index in [1.807, 2.05) is 12.1 Å². The van der Waals surface area contributed by atoms with Gasteiger partial charge in [0.2, 0.25) is 0 Å². The molecule has 0 saturated heterocycles. The molecule has 0 aromatic heterocycles. The number of hydrogen-bond donors (Lipinski definition) is 1. The first kappa shape index (κ1) is 6.05. The van der Waals surface area contributed by atoms with Gasteiger partial charge in [-0.2, -0.15) is 0 Å². The maximum absolute atomic E-state index is 5.90. The molecular formula is C8H8ClN. The highest BCUT2D eigenvalue weighted by atomic mass is 35.5. The average Bonchev–Trinajstić information content (AvgIpc) is 2.54. The Labute approximate surface area is 64.8 Å². The number of halogens is 1. The van der Waals surface area contributed by atoms with Gasteiger partial charge in [-0.1, -0.05) is 24.6 Å². The van der Waals surface area contributed by atoms with E-state index in [1.54, 1.807) is 0 Å². The second-order valence-electron chi connectivity index (χ2n) is 2.69. The number of hydrogen-bond acceptors (Lipinski definition) is 1. The van der Waals surface area contributed by atoms with Gasteiger partial charge in [0.05, 0.1) is 10.7 Å². The molecule has 0 amide bonds. The van der Waals surface area contributed by atoms with Gasteiger partial charge < -0.3 is 5.73 Å². The van der Waals surface area contributed by atoms with Crippen LogP contribution in [0.3, 0.4) is 0 Å². The lowest BCUT2D eigenvalue weighted by Gasteiger charge is -1.91. The van der Waals surface area contributed by atoms with Gasteiger partial charge in [0, 0.05) is 5.92 Å². The van der Waals surface area contributed by atoms with E-state index < -0.39 is 0 Å². The molecule has 1 nitrogen and oxygen atoms in total. The third-order valence-electron chi connectivity index (χ3n) is 2.06. The monoisotopic (exact) mass is 153 g/mol. The van der Waals surface area contributed by atoms with Crippen LogP contribution in [0.2, 0.25) is 5.02 Å². The van der Waals surface area contributed by atoms with E-state index in [0.717, 1.165) is 5.02 Å².